The van der Waals surface area contributed by atoms with Gasteiger partial charge in [0.25, 0.3) is 18.0 Å². The molecule has 0 saturated heterocycles. The van der Waals surface area contributed by atoms with Gasteiger partial charge in [-0.3, -0.25) is 0 Å². The summed E-state index contributed by atoms with van der Waals surface area (Å²) in [7, 11) is 0. The second-order valence-corrected chi connectivity index (χ2v) is 7.80. The van der Waals surface area contributed by atoms with Gasteiger partial charge in [-0.15, -0.1) is 0 Å². The van der Waals surface area contributed by atoms with Gasteiger partial charge in [0.05, 0.1) is 0 Å². The van der Waals surface area contributed by atoms with Crippen LogP contribution in [0.4, 0.5) is 18.0 Å². The highest BCUT2D eigenvalue weighted by Gasteiger charge is 2.03. The van der Waals surface area contributed by atoms with Crippen LogP contribution in [0.5, 0.6) is 0 Å². The van der Waals surface area contributed by atoms with Crippen molar-refractivity contribution < 1.29 is 13.3 Å². The Labute approximate surface area is 201 Å². The van der Waals surface area contributed by atoms with Gasteiger partial charge in [-0.1, -0.05) is 34.8 Å². The van der Waals surface area contributed by atoms with Crippen molar-refractivity contribution >= 4 is 86.1 Å². The lowest BCUT2D eigenvalue weighted by atomic mass is 10.3. The van der Waals surface area contributed by atoms with Gasteiger partial charge in [-0.05, 0) is 54.6 Å². The second kappa shape index (κ2) is 9.45. The molecule has 0 amide bonds. The Kier molecular flexibility index (Phi) is 6.45. The predicted octanol–water partition coefficient (Wildman–Crippen LogP) is 6.19. The number of halogens is 3. The molecular weight excluding hydrogens is 491 g/mol. The summed E-state index contributed by atoms with van der Waals surface area (Å²) >= 11 is 17.1. The Morgan fingerprint density at radius 2 is 0.758 bits per heavy atom. The van der Waals surface area contributed by atoms with E-state index in [2.05, 4.69) is 15.0 Å². The molecule has 3 heterocycles. The van der Waals surface area contributed by atoms with E-state index in [1.165, 1.54) is 0 Å². The average Bonchev–Trinajstić information content (AvgIpc) is 3.41. The van der Waals surface area contributed by atoms with Gasteiger partial charge < -0.3 is 30.5 Å². The molecule has 0 aliphatic carbocycles. The van der Waals surface area contributed by atoms with E-state index in [4.69, 9.17) is 65.3 Å². The third-order valence-corrected chi connectivity index (χ3v) is 4.80. The molecule has 9 nitrogen and oxygen atoms in total. The quantitative estimate of drug-likeness (QED) is 0.219. The van der Waals surface area contributed by atoms with Crippen molar-refractivity contribution in [2.75, 3.05) is 17.2 Å². The largest absolute Gasteiger partial charge is 0.424 e. The summed E-state index contributed by atoms with van der Waals surface area (Å²) in [6, 6.07) is 16.0. The fourth-order valence-corrected chi connectivity index (χ4v) is 3.25. The summed E-state index contributed by atoms with van der Waals surface area (Å²) in [5, 5.41) is 1.89. The van der Waals surface area contributed by atoms with Crippen LogP contribution in [0.1, 0.15) is 0 Å². The van der Waals surface area contributed by atoms with E-state index in [1.54, 1.807) is 54.6 Å². The molecule has 6 N–H and O–H groups in total. The lowest BCUT2D eigenvalue weighted by Gasteiger charge is -1.85. The number of nitrogen functional groups attached to an aromatic ring is 3. The summed E-state index contributed by atoms with van der Waals surface area (Å²) in [5.41, 5.74) is 20.0. The Balaban J connectivity index is 0.000000118. The lowest BCUT2D eigenvalue weighted by molar-refractivity contribution is 0.626. The number of nitrogens with two attached hydrogens (primary N) is 3. The molecule has 3 aromatic heterocycles. The van der Waals surface area contributed by atoms with E-state index in [1.807, 2.05) is 0 Å². The third-order valence-electron chi connectivity index (χ3n) is 4.10. The SMILES string of the molecule is Nc1nc2cc(Cl)ccc2o1.Nc1nc2cc(Cl)ccc2o1.Nc1nc2cc(Cl)ccc2o1. The van der Waals surface area contributed by atoms with Crippen molar-refractivity contribution in [1.29, 1.82) is 0 Å². The molecular formula is C21H15Cl3N6O3. The Morgan fingerprint density at radius 3 is 1.03 bits per heavy atom. The van der Waals surface area contributed by atoms with Gasteiger partial charge >= 0.3 is 0 Å². The maximum atomic E-state index is 5.71. The maximum absolute atomic E-state index is 5.71. The van der Waals surface area contributed by atoms with Gasteiger partial charge in [-0.2, -0.15) is 15.0 Å². The van der Waals surface area contributed by atoms with Crippen molar-refractivity contribution in [1.82, 2.24) is 15.0 Å². The molecule has 6 aromatic rings. The monoisotopic (exact) mass is 504 g/mol. The Hall–Kier alpha value is -3.66. The number of rotatable bonds is 0. The van der Waals surface area contributed by atoms with Gasteiger partial charge in [-0.25, -0.2) is 0 Å². The minimum atomic E-state index is 0.169. The maximum Gasteiger partial charge on any atom is 0.292 e. The van der Waals surface area contributed by atoms with Crippen LogP contribution in [0.25, 0.3) is 33.3 Å². The molecule has 0 radical (unpaired) electrons. The van der Waals surface area contributed by atoms with E-state index >= 15 is 0 Å². The number of hydrogen-bond donors (Lipinski definition) is 3. The summed E-state index contributed by atoms with van der Waals surface area (Å²) < 4.78 is 15.1. The van der Waals surface area contributed by atoms with Gasteiger partial charge in [0, 0.05) is 15.1 Å². The molecule has 0 aliphatic rings. The standard InChI is InChI=1S/3C7H5ClN2O/c3*8-4-1-2-6-5(3-4)10-7(9)11-6/h3*1-3H,(H2,9,10). The third kappa shape index (κ3) is 5.58. The normalized spacial score (nSPS) is 10.6. The number of benzene rings is 3. The number of oxazole rings is 3. The van der Waals surface area contributed by atoms with Crippen LogP contribution in [-0.4, -0.2) is 15.0 Å². The first-order valence-corrected chi connectivity index (χ1v) is 10.3. The van der Waals surface area contributed by atoms with E-state index < -0.39 is 0 Å². The lowest BCUT2D eigenvalue weighted by Crippen LogP contribution is -1.80. The molecule has 0 unspecified atom stereocenters. The smallest absolute Gasteiger partial charge is 0.292 e. The zero-order chi connectivity index (χ0) is 23.5. The van der Waals surface area contributed by atoms with E-state index in [9.17, 15) is 0 Å². The van der Waals surface area contributed by atoms with Crippen LogP contribution in [-0.2, 0) is 0 Å². The molecule has 168 valence electrons. The molecule has 0 saturated carbocycles. The number of hydrogen-bond acceptors (Lipinski definition) is 9. The van der Waals surface area contributed by atoms with Crippen molar-refractivity contribution in [3.8, 4) is 0 Å². The molecule has 0 atom stereocenters. The predicted molar refractivity (Wildman–Crippen MR) is 130 cm³/mol. The highest BCUT2D eigenvalue weighted by Crippen LogP contribution is 2.22. The molecule has 33 heavy (non-hydrogen) atoms. The summed E-state index contributed by atoms with van der Waals surface area (Å²) in [5.74, 6) is 0. The van der Waals surface area contributed by atoms with Crippen molar-refractivity contribution in [3.05, 3.63) is 69.7 Å². The molecule has 12 heteroatoms. The zero-order valence-corrected chi connectivity index (χ0v) is 18.9. The minimum Gasteiger partial charge on any atom is -0.424 e. The number of nitrogens with zero attached hydrogens (tertiary/aromatic N) is 3. The fraction of sp³-hybridized carbons (Fsp3) is 0. The first kappa shape index (κ1) is 22.5. The van der Waals surface area contributed by atoms with E-state index in [0.717, 1.165) is 0 Å². The van der Waals surface area contributed by atoms with Crippen LogP contribution < -0.4 is 17.2 Å². The first-order valence-electron chi connectivity index (χ1n) is 9.21. The van der Waals surface area contributed by atoms with Crippen molar-refractivity contribution in [2.24, 2.45) is 0 Å². The van der Waals surface area contributed by atoms with Crippen molar-refractivity contribution in [3.63, 3.8) is 0 Å². The Bertz CT molecular complexity index is 1370. The molecule has 0 spiro atoms. The van der Waals surface area contributed by atoms with Crippen LogP contribution in [0.3, 0.4) is 0 Å². The topological polar surface area (TPSA) is 156 Å². The minimum absolute atomic E-state index is 0.169. The van der Waals surface area contributed by atoms with Gasteiger partial charge in [0.1, 0.15) is 16.6 Å². The van der Waals surface area contributed by atoms with Crippen molar-refractivity contribution in [2.45, 2.75) is 0 Å². The van der Waals surface area contributed by atoms with E-state index in [0.29, 0.717) is 48.4 Å². The molecule has 6 rings (SSSR count). The van der Waals surface area contributed by atoms with E-state index in [-0.39, 0.29) is 18.0 Å². The summed E-state index contributed by atoms with van der Waals surface area (Å²) in [6.45, 7) is 0. The van der Waals surface area contributed by atoms with Crippen LogP contribution in [0.2, 0.25) is 15.1 Å². The highest BCUT2D eigenvalue weighted by molar-refractivity contribution is 6.31. The van der Waals surface area contributed by atoms with Gasteiger partial charge in [0.2, 0.25) is 0 Å². The fourth-order valence-electron chi connectivity index (χ4n) is 2.76. The Morgan fingerprint density at radius 1 is 0.485 bits per heavy atom. The summed E-state index contributed by atoms with van der Waals surface area (Å²) in [4.78, 5) is 11.7. The molecule has 3 aromatic carbocycles. The molecule has 0 bridgehead atoms. The van der Waals surface area contributed by atoms with Crippen LogP contribution in [0.15, 0.2) is 67.8 Å². The number of aromatic nitrogens is 3. The molecule has 0 fully saturated rings. The zero-order valence-electron chi connectivity index (χ0n) is 16.6. The summed E-state index contributed by atoms with van der Waals surface area (Å²) in [6.07, 6.45) is 0. The second-order valence-electron chi connectivity index (χ2n) is 6.49. The first-order chi connectivity index (χ1) is 15.8. The van der Waals surface area contributed by atoms with Gasteiger partial charge in [0.15, 0.2) is 16.7 Å². The number of anilines is 3. The average molecular weight is 506 g/mol. The van der Waals surface area contributed by atoms with Crippen LogP contribution >= 0.6 is 34.8 Å². The number of fused-ring (bicyclic) bond motifs is 3. The highest BCUT2D eigenvalue weighted by atomic mass is 35.5. The molecule has 0 aliphatic heterocycles. The van der Waals surface area contributed by atoms with Crippen LogP contribution in [0, 0.1) is 0 Å².